The van der Waals surface area contributed by atoms with E-state index in [1.165, 1.54) is 0 Å². The maximum atomic E-state index is 12.2. The topological polar surface area (TPSA) is 87.2 Å². The van der Waals surface area contributed by atoms with Crippen molar-refractivity contribution in [1.82, 2.24) is 15.5 Å². The third kappa shape index (κ3) is 2.52. The summed E-state index contributed by atoms with van der Waals surface area (Å²) in [6.45, 7) is 1.27. The van der Waals surface area contributed by atoms with Crippen molar-refractivity contribution in [3.63, 3.8) is 0 Å². The number of amides is 1. The van der Waals surface area contributed by atoms with Gasteiger partial charge in [0, 0.05) is 38.0 Å². The van der Waals surface area contributed by atoms with Gasteiger partial charge in [-0.25, -0.2) is 0 Å². The number of carbonyl (C=O) groups is 1. The van der Waals surface area contributed by atoms with Gasteiger partial charge >= 0.3 is 0 Å². The summed E-state index contributed by atoms with van der Waals surface area (Å²) >= 11 is 0. The summed E-state index contributed by atoms with van der Waals surface area (Å²) in [4.78, 5) is 12.2. The molecule has 0 radical (unpaired) electrons. The van der Waals surface area contributed by atoms with Crippen LogP contribution >= 0.6 is 0 Å². The van der Waals surface area contributed by atoms with Gasteiger partial charge in [-0.2, -0.15) is 5.10 Å². The lowest BCUT2D eigenvalue weighted by molar-refractivity contribution is -0.0605. The lowest BCUT2D eigenvalue weighted by Crippen LogP contribution is -2.46. The van der Waals surface area contributed by atoms with E-state index in [2.05, 4.69) is 15.5 Å². The Labute approximate surface area is 116 Å². The number of nitrogens with zero attached hydrogens (tertiary/aromatic N) is 1. The zero-order valence-electron chi connectivity index (χ0n) is 11.1. The number of rotatable bonds is 3. The second kappa shape index (κ2) is 5.22. The predicted octanol–water partition coefficient (Wildman–Crippen LogP) is 0.834. The fourth-order valence-corrected chi connectivity index (χ4v) is 2.39. The Morgan fingerprint density at radius 1 is 1.40 bits per heavy atom. The van der Waals surface area contributed by atoms with Gasteiger partial charge in [-0.1, -0.05) is 18.2 Å². The van der Waals surface area contributed by atoms with Crippen LogP contribution in [-0.4, -0.2) is 46.6 Å². The molecule has 20 heavy (non-hydrogen) atoms. The number of carbonyl (C=O) groups excluding carboxylic acids is 1. The van der Waals surface area contributed by atoms with Gasteiger partial charge in [-0.15, -0.1) is 0 Å². The number of aromatic amines is 1. The van der Waals surface area contributed by atoms with Crippen molar-refractivity contribution in [3.05, 3.63) is 30.0 Å². The van der Waals surface area contributed by atoms with Crippen molar-refractivity contribution in [1.29, 1.82) is 0 Å². The average Bonchev–Trinajstić information content (AvgIpc) is 2.90. The first-order valence-corrected chi connectivity index (χ1v) is 6.69. The van der Waals surface area contributed by atoms with Crippen molar-refractivity contribution < 1.29 is 14.6 Å². The van der Waals surface area contributed by atoms with Crippen LogP contribution in [0.2, 0.25) is 0 Å². The van der Waals surface area contributed by atoms with Gasteiger partial charge in [0.05, 0.1) is 11.1 Å². The lowest BCUT2D eigenvalue weighted by Gasteiger charge is -2.31. The number of hydrogen-bond acceptors (Lipinski definition) is 4. The van der Waals surface area contributed by atoms with Crippen LogP contribution < -0.4 is 5.32 Å². The highest BCUT2D eigenvalue weighted by Gasteiger charge is 2.30. The number of nitrogens with one attached hydrogen (secondary N) is 2. The largest absolute Gasteiger partial charge is 0.388 e. The number of H-pyrrole nitrogens is 1. The Morgan fingerprint density at radius 3 is 2.95 bits per heavy atom. The molecule has 2 heterocycles. The van der Waals surface area contributed by atoms with E-state index < -0.39 is 5.60 Å². The zero-order chi connectivity index (χ0) is 14.0. The van der Waals surface area contributed by atoms with Crippen molar-refractivity contribution in [2.75, 3.05) is 19.8 Å². The third-order valence-electron chi connectivity index (χ3n) is 3.69. The fourth-order valence-electron chi connectivity index (χ4n) is 2.39. The molecule has 1 fully saturated rings. The van der Waals surface area contributed by atoms with Crippen LogP contribution in [0.3, 0.4) is 0 Å². The maximum absolute atomic E-state index is 12.2. The SMILES string of the molecule is O=C(NCC1(O)CCOCC1)c1n[nH]c2ccccc12. The summed E-state index contributed by atoms with van der Waals surface area (Å²) in [6.07, 6.45) is 1.07. The van der Waals surface area contributed by atoms with Crippen LogP contribution in [0.1, 0.15) is 23.3 Å². The number of aliphatic hydroxyl groups is 1. The summed E-state index contributed by atoms with van der Waals surface area (Å²) in [5.74, 6) is -0.276. The summed E-state index contributed by atoms with van der Waals surface area (Å²) < 4.78 is 5.21. The normalized spacial score (nSPS) is 18.1. The minimum atomic E-state index is -0.875. The number of hydrogen-bond donors (Lipinski definition) is 3. The van der Waals surface area contributed by atoms with Crippen molar-refractivity contribution >= 4 is 16.8 Å². The van der Waals surface area contributed by atoms with Crippen molar-refractivity contribution in [2.24, 2.45) is 0 Å². The van der Waals surface area contributed by atoms with E-state index in [-0.39, 0.29) is 12.5 Å². The van der Waals surface area contributed by atoms with E-state index >= 15 is 0 Å². The highest BCUT2D eigenvalue weighted by molar-refractivity contribution is 6.04. The first kappa shape index (κ1) is 13.1. The van der Waals surface area contributed by atoms with E-state index in [9.17, 15) is 9.90 Å². The summed E-state index contributed by atoms with van der Waals surface area (Å²) in [5, 5.41) is 20.7. The average molecular weight is 275 g/mol. The number of fused-ring (bicyclic) bond motifs is 1. The molecule has 1 aliphatic heterocycles. The monoisotopic (exact) mass is 275 g/mol. The second-order valence-electron chi connectivity index (χ2n) is 5.14. The van der Waals surface area contributed by atoms with E-state index in [0.29, 0.717) is 31.7 Å². The molecule has 0 spiro atoms. The van der Waals surface area contributed by atoms with Crippen LogP contribution in [0.25, 0.3) is 10.9 Å². The molecule has 2 aromatic rings. The van der Waals surface area contributed by atoms with E-state index in [4.69, 9.17) is 4.74 Å². The van der Waals surface area contributed by atoms with Crippen LogP contribution in [0.4, 0.5) is 0 Å². The van der Waals surface area contributed by atoms with Crippen LogP contribution in [0.5, 0.6) is 0 Å². The molecule has 0 atom stereocenters. The maximum Gasteiger partial charge on any atom is 0.272 e. The molecule has 0 bridgehead atoms. The van der Waals surface area contributed by atoms with Crippen molar-refractivity contribution in [2.45, 2.75) is 18.4 Å². The number of ether oxygens (including phenoxy) is 1. The van der Waals surface area contributed by atoms with Gasteiger partial charge < -0.3 is 15.2 Å². The summed E-state index contributed by atoms with van der Waals surface area (Å²) in [7, 11) is 0. The highest BCUT2D eigenvalue weighted by Crippen LogP contribution is 2.20. The molecule has 3 N–H and O–H groups in total. The Kier molecular flexibility index (Phi) is 3.42. The smallest absolute Gasteiger partial charge is 0.272 e. The van der Waals surface area contributed by atoms with Gasteiger partial charge in [0.25, 0.3) is 5.91 Å². The third-order valence-corrected chi connectivity index (χ3v) is 3.69. The molecule has 6 nitrogen and oxygen atoms in total. The lowest BCUT2D eigenvalue weighted by atomic mass is 9.94. The zero-order valence-corrected chi connectivity index (χ0v) is 11.1. The Bertz CT molecular complexity index is 617. The first-order chi connectivity index (χ1) is 9.68. The molecule has 1 saturated heterocycles. The molecule has 1 amide bonds. The predicted molar refractivity (Wildman–Crippen MR) is 73.4 cm³/mol. The Balaban J connectivity index is 1.70. The Hall–Kier alpha value is -1.92. The molecule has 0 aliphatic carbocycles. The van der Waals surface area contributed by atoms with Gasteiger partial charge in [0.2, 0.25) is 0 Å². The fraction of sp³-hybridized carbons (Fsp3) is 0.429. The minimum absolute atomic E-state index is 0.219. The number of benzene rings is 1. The molecular weight excluding hydrogens is 258 g/mol. The second-order valence-corrected chi connectivity index (χ2v) is 5.14. The van der Waals surface area contributed by atoms with Gasteiger partial charge in [-0.3, -0.25) is 9.89 Å². The number of para-hydroxylation sites is 1. The van der Waals surface area contributed by atoms with Crippen LogP contribution in [-0.2, 0) is 4.74 Å². The Morgan fingerprint density at radius 2 is 2.15 bits per heavy atom. The van der Waals surface area contributed by atoms with E-state index in [1.807, 2.05) is 24.3 Å². The van der Waals surface area contributed by atoms with Gasteiger partial charge in [0.15, 0.2) is 5.69 Å². The minimum Gasteiger partial charge on any atom is -0.388 e. The molecule has 1 aliphatic rings. The molecule has 0 saturated carbocycles. The summed E-state index contributed by atoms with van der Waals surface area (Å²) in [5.41, 5.74) is 0.304. The molecular formula is C14H17N3O3. The molecule has 1 aromatic carbocycles. The van der Waals surface area contributed by atoms with E-state index in [1.54, 1.807) is 0 Å². The van der Waals surface area contributed by atoms with Gasteiger partial charge in [0.1, 0.15) is 0 Å². The molecule has 3 rings (SSSR count). The standard InChI is InChI=1S/C14H17N3O3/c18-13(15-9-14(19)5-7-20-8-6-14)12-10-3-1-2-4-11(10)16-17-12/h1-4,19H,5-9H2,(H,15,18)(H,16,17). The molecule has 1 aromatic heterocycles. The van der Waals surface area contributed by atoms with Gasteiger partial charge in [-0.05, 0) is 6.07 Å². The van der Waals surface area contributed by atoms with E-state index in [0.717, 1.165) is 10.9 Å². The molecule has 0 unspecified atom stereocenters. The molecule has 106 valence electrons. The number of aromatic nitrogens is 2. The summed E-state index contributed by atoms with van der Waals surface area (Å²) in [6, 6.07) is 7.45. The van der Waals surface area contributed by atoms with Crippen molar-refractivity contribution in [3.8, 4) is 0 Å². The quantitative estimate of drug-likeness (QED) is 0.774. The highest BCUT2D eigenvalue weighted by atomic mass is 16.5. The first-order valence-electron chi connectivity index (χ1n) is 6.69. The van der Waals surface area contributed by atoms with Crippen LogP contribution in [0.15, 0.2) is 24.3 Å². The van der Waals surface area contributed by atoms with Crippen LogP contribution in [0, 0.1) is 0 Å². The molecule has 6 heteroatoms.